The molecule has 0 aliphatic carbocycles. The van der Waals surface area contributed by atoms with Crippen LogP contribution in [0.25, 0.3) is 0 Å². The highest BCUT2D eigenvalue weighted by molar-refractivity contribution is 14.0. The highest BCUT2D eigenvalue weighted by atomic mass is 127. The molecular formula is C20H27IN4O3S. The molecule has 0 amide bonds. The van der Waals surface area contributed by atoms with Crippen molar-refractivity contribution in [3.8, 4) is 5.75 Å². The standard InChI is InChI=1S/C20H26N4O3S.HI/c1-3-12-27-19-11-6-5-9-17(19)15-24-20(22-4-2)23-14-16-8-7-10-18(13-16)28(21,25)26;/h3,5-11,13H,1,4,12,14-15H2,2H3,(H2,21,25,26)(H2,22,23,24);1H. The zero-order valence-electron chi connectivity index (χ0n) is 16.3. The molecule has 0 spiro atoms. The van der Waals surface area contributed by atoms with Crippen molar-refractivity contribution < 1.29 is 13.2 Å². The predicted octanol–water partition coefficient (Wildman–Crippen LogP) is 2.77. The number of nitrogens with one attached hydrogen (secondary N) is 2. The maximum Gasteiger partial charge on any atom is 0.238 e. The van der Waals surface area contributed by atoms with Gasteiger partial charge in [-0.1, -0.05) is 43.0 Å². The fourth-order valence-corrected chi connectivity index (χ4v) is 3.04. The Hall–Kier alpha value is -2.11. The van der Waals surface area contributed by atoms with Gasteiger partial charge in [0.25, 0.3) is 0 Å². The number of ether oxygens (including phenoxy) is 1. The van der Waals surface area contributed by atoms with E-state index >= 15 is 0 Å². The minimum atomic E-state index is -3.73. The van der Waals surface area contributed by atoms with Crippen LogP contribution in [0, 0.1) is 0 Å². The first-order valence-corrected chi connectivity index (χ1v) is 10.4. The van der Waals surface area contributed by atoms with Crippen LogP contribution >= 0.6 is 24.0 Å². The summed E-state index contributed by atoms with van der Waals surface area (Å²) in [6, 6.07) is 14.2. The third-order valence-corrected chi connectivity index (χ3v) is 4.68. The maximum atomic E-state index is 11.5. The van der Waals surface area contributed by atoms with Crippen LogP contribution in [0.1, 0.15) is 18.1 Å². The molecule has 0 aromatic heterocycles. The number of halogens is 1. The van der Waals surface area contributed by atoms with E-state index in [1.807, 2.05) is 31.2 Å². The van der Waals surface area contributed by atoms with Gasteiger partial charge in [0.1, 0.15) is 12.4 Å². The van der Waals surface area contributed by atoms with Crippen molar-refractivity contribution in [1.29, 1.82) is 0 Å². The van der Waals surface area contributed by atoms with Gasteiger partial charge in [0.05, 0.1) is 11.4 Å². The molecular weight excluding hydrogens is 503 g/mol. The molecule has 0 bridgehead atoms. The molecule has 0 heterocycles. The number of nitrogens with two attached hydrogens (primary N) is 1. The van der Waals surface area contributed by atoms with Crippen molar-refractivity contribution in [2.75, 3.05) is 13.2 Å². The summed E-state index contributed by atoms with van der Waals surface area (Å²) in [5.41, 5.74) is 1.74. The molecule has 0 radical (unpaired) electrons. The van der Waals surface area contributed by atoms with Gasteiger partial charge in [0.15, 0.2) is 5.96 Å². The summed E-state index contributed by atoms with van der Waals surface area (Å²) in [6.45, 7) is 7.60. The van der Waals surface area contributed by atoms with E-state index in [9.17, 15) is 8.42 Å². The van der Waals surface area contributed by atoms with Crippen molar-refractivity contribution in [3.63, 3.8) is 0 Å². The average Bonchev–Trinajstić information content (AvgIpc) is 2.68. The summed E-state index contributed by atoms with van der Waals surface area (Å²) in [6.07, 6.45) is 1.70. The molecule has 158 valence electrons. The number of primary sulfonamides is 1. The largest absolute Gasteiger partial charge is 0.489 e. The van der Waals surface area contributed by atoms with Crippen LogP contribution in [0.5, 0.6) is 5.75 Å². The van der Waals surface area contributed by atoms with Crippen LogP contribution in [-0.2, 0) is 23.1 Å². The summed E-state index contributed by atoms with van der Waals surface area (Å²) in [4.78, 5) is 4.59. The van der Waals surface area contributed by atoms with Crippen molar-refractivity contribution in [2.45, 2.75) is 24.9 Å². The van der Waals surface area contributed by atoms with Crippen LogP contribution in [0.4, 0.5) is 0 Å². The Bertz CT molecular complexity index is 933. The Morgan fingerprint density at radius 1 is 1.21 bits per heavy atom. The van der Waals surface area contributed by atoms with Gasteiger partial charge in [-0.25, -0.2) is 18.5 Å². The molecule has 0 unspecified atom stereocenters. The van der Waals surface area contributed by atoms with Gasteiger partial charge < -0.3 is 15.4 Å². The molecule has 0 saturated heterocycles. The highest BCUT2D eigenvalue weighted by Crippen LogP contribution is 2.17. The summed E-state index contributed by atoms with van der Waals surface area (Å²) < 4.78 is 28.6. The number of hydrogen-bond donors (Lipinski definition) is 3. The van der Waals surface area contributed by atoms with E-state index in [1.165, 1.54) is 12.1 Å². The number of rotatable bonds is 9. The van der Waals surface area contributed by atoms with Gasteiger partial charge in [0.2, 0.25) is 10.0 Å². The van der Waals surface area contributed by atoms with Crippen LogP contribution in [0.3, 0.4) is 0 Å². The zero-order chi connectivity index (χ0) is 20.4. The number of sulfonamides is 1. The molecule has 0 aliphatic rings. The molecule has 7 nitrogen and oxygen atoms in total. The van der Waals surface area contributed by atoms with E-state index in [4.69, 9.17) is 9.88 Å². The quantitative estimate of drug-likeness (QED) is 0.200. The number of guanidine groups is 1. The molecule has 0 fully saturated rings. The van der Waals surface area contributed by atoms with E-state index in [1.54, 1.807) is 18.2 Å². The van der Waals surface area contributed by atoms with Crippen LogP contribution in [-0.4, -0.2) is 27.5 Å². The summed E-state index contributed by atoms with van der Waals surface area (Å²) in [7, 11) is -3.73. The van der Waals surface area contributed by atoms with Crippen molar-refractivity contribution in [3.05, 3.63) is 72.3 Å². The average molecular weight is 530 g/mol. The topological polar surface area (TPSA) is 106 Å². The molecule has 0 aliphatic heterocycles. The van der Waals surface area contributed by atoms with E-state index in [0.717, 1.165) is 16.9 Å². The van der Waals surface area contributed by atoms with E-state index in [0.29, 0.717) is 32.2 Å². The van der Waals surface area contributed by atoms with Crippen molar-refractivity contribution >= 4 is 40.0 Å². The van der Waals surface area contributed by atoms with Gasteiger partial charge in [0, 0.05) is 18.7 Å². The Morgan fingerprint density at radius 3 is 2.66 bits per heavy atom. The van der Waals surface area contributed by atoms with E-state index in [2.05, 4.69) is 22.2 Å². The SMILES string of the molecule is C=CCOc1ccccc1CNC(=NCc1cccc(S(N)(=O)=O)c1)NCC.I. The monoisotopic (exact) mass is 530 g/mol. The van der Waals surface area contributed by atoms with Crippen molar-refractivity contribution in [1.82, 2.24) is 10.6 Å². The number of aliphatic imine (C=N–C) groups is 1. The minimum Gasteiger partial charge on any atom is -0.489 e. The molecule has 2 aromatic rings. The molecule has 9 heteroatoms. The molecule has 2 aromatic carbocycles. The summed E-state index contributed by atoms with van der Waals surface area (Å²) >= 11 is 0. The lowest BCUT2D eigenvalue weighted by Gasteiger charge is -2.14. The number of nitrogens with zero attached hydrogens (tertiary/aromatic N) is 1. The molecule has 29 heavy (non-hydrogen) atoms. The second-order valence-electron chi connectivity index (χ2n) is 5.95. The molecule has 0 atom stereocenters. The van der Waals surface area contributed by atoms with Gasteiger partial charge >= 0.3 is 0 Å². The lowest BCUT2D eigenvalue weighted by molar-refractivity contribution is 0.358. The van der Waals surface area contributed by atoms with Gasteiger partial charge in [-0.05, 0) is 30.7 Å². The first kappa shape index (κ1) is 24.9. The Balaban J connectivity index is 0.00000420. The van der Waals surface area contributed by atoms with Crippen molar-refractivity contribution in [2.24, 2.45) is 10.1 Å². The molecule has 0 saturated carbocycles. The molecule has 2 rings (SSSR count). The number of hydrogen-bond acceptors (Lipinski definition) is 4. The summed E-state index contributed by atoms with van der Waals surface area (Å²) in [5.74, 6) is 1.40. The smallest absolute Gasteiger partial charge is 0.238 e. The highest BCUT2D eigenvalue weighted by Gasteiger charge is 2.08. The molecule has 4 N–H and O–H groups in total. The lowest BCUT2D eigenvalue weighted by atomic mass is 10.2. The number of para-hydroxylation sites is 1. The maximum absolute atomic E-state index is 11.5. The van der Waals surface area contributed by atoms with Crippen LogP contribution < -0.4 is 20.5 Å². The Kier molecular flexibility index (Phi) is 10.7. The van der Waals surface area contributed by atoms with E-state index in [-0.39, 0.29) is 28.9 Å². The first-order valence-electron chi connectivity index (χ1n) is 8.89. The van der Waals surface area contributed by atoms with E-state index < -0.39 is 10.0 Å². The third-order valence-electron chi connectivity index (χ3n) is 3.77. The van der Waals surface area contributed by atoms with Crippen LogP contribution in [0.15, 0.2) is 71.1 Å². The third kappa shape index (κ3) is 8.42. The Morgan fingerprint density at radius 2 is 1.97 bits per heavy atom. The van der Waals surface area contributed by atoms with Gasteiger partial charge in [-0.15, -0.1) is 24.0 Å². The zero-order valence-corrected chi connectivity index (χ0v) is 19.4. The van der Waals surface area contributed by atoms with Crippen LogP contribution in [0.2, 0.25) is 0 Å². The second-order valence-corrected chi connectivity index (χ2v) is 7.51. The lowest BCUT2D eigenvalue weighted by Crippen LogP contribution is -2.36. The summed E-state index contributed by atoms with van der Waals surface area (Å²) in [5, 5.41) is 11.6. The van der Waals surface area contributed by atoms with Gasteiger partial charge in [-0.3, -0.25) is 0 Å². The normalized spacial score (nSPS) is 11.3. The second kappa shape index (κ2) is 12.5. The Labute approximate surface area is 189 Å². The fraction of sp³-hybridized carbons (Fsp3) is 0.250. The first-order chi connectivity index (χ1) is 13.4. The minimum absolute atomic E-state index is 0. The number of benzene rings is 2. The fourth-order valence-electron chi connectivity index (χ4n) is 2.45. The predicted molar refractivity (Wildman–Crippen MR) is 127 cm³/mol. The van der Waals surface area contributed by atoms with Gasteiger partial charge in [-0.2, -0.15) is 0 Å².